The Balaban J connectivity index is 2.01. The van der Waals surface area contributed by atoms with Gasteiger partial charge < -0.3 is 20.6 Å². The van der Waals surface area contributed by atoms with E-state index in [-0.39, 0.29) is 35.6 Å². The van der Waals surface area contributed by atoms with E-state index in [9.17, 15) is 18.6 Å². The fourth-order valence-corrected chi connectivity index (χ4v) is 3.67. The SMILES string of the molecule is O=S1(=O)CCC(NCc2ccc(O)c(O)c2O)C1. The van der Waals surface area contributed by atoms with Gasteiger partial charge in [-0.25, -0.2) is 8.42 Å². The zero-order valence-electron chi connectivity index (χ0n) is 9.63. The van der Waals surface area contributed by atoms with E-state index in [1.807, 2.05) is 0 Å². The van der Waals surface area contributed by atoms with E-state index < -0.39 is 15.6 Å². The third-order valence-corrected chi connectivity index (χ3v) is 4.80. The van der Waals surface area contributed by atoms with Crippen LogP contribution < -0.4 is 5.32 Å². The molecule has 2 rings (SSSR count). The first-order chi connectivity index (χ1) is 8.39. The van der Waals surface area contributed by atoms with Gasteiger partial charge >= 0.3 is 0 Å². The van der Waals surface area contributed by atoms with E-state index >= 15 is 0 Å². The molecule has 0 saturated carbocycles. The first-order valence-corrected chi connectivity index (χ1v) is 7.38. The monoisotopic (exact) mass is 273 g/mol. The second kappa shape index (κ2) is 4.66. The molecule has 0 spiro atoms. The van der Waals surface area contributed by atoms with Gasteiger partial charge in [0.05, 0.1) is 11.5 Å². The zero-order valence-corrected chi connectivity index (χ0v) is 10.4. The highest BCUT2D eigenvalue weighted by molar-refractivity contribution is 7.91. The molecule has 1 heterocycles. The van der Waals surface area contributed by atoms with Crippen molar-refractivity contribution in [1.29, 1.82) is 0 Å². The lowest BCUT2D eigenvalue weighted by atomic mass is 10.1. The summed E-state index contributed by atoms with van der Waals surface area (Å²) in [6.45, 7) is 0.236. The highest BCUT2D eigenvalue weighted by Gasteiger charge is 2.27. The van der Waals surface area contributed by atoms with E-state index in [1.54, 1.807) is 0 Å². The molecular formula is C11H15NO5S. The van der Waals surface area contributed by atoms with E-state index in [0.717, 1.165) is 0 Å². The second-order valence-electron chi connectivity index (χ2n) is 4.42. The van der Waals surface area contributed by atoms with E-state index in [0.29, 0.717) is 12.0 Å². The van der Waals surface area contributed by atoms with Crippen molar-refractivity contribution in [1.82, 2.24) is 5.32 Å². The lowest BCUT2D eigenvalue weighted by Crippen LogP contribution is -2.29. The maximum absolute atomic E-state index is 11.3. The van der Waals surface area contributed by atoms with Crippen molar-refractivity contribution in [2.75, 3.05) is 11.5 Å². The maximum Gasteiger partial charge on any atom is 0.200 e. The Hall–Kier alpha value is -1.47. The molecule has 6 nitrogen and oxygen atoms in total. The Morgan fingerprint density at radius 1 is 1.22 bits per heavy atom. The van der Waals surface area contributed by atoms with Crippen LogP contribution >= 0.6 is 0 Å². The molecule has 7 heteroatoms. The zero-order chi connectivity index (χ0) is 13.3. The molecule has 0 bridgehead atoms. The number of sulfone groups is 1. The van der Waals surface area contributed by atoms with E-state index in [1.165, 1.54) is 12.1 Å². The quantitative estimate of drug-likeness (QED) is 0.581. The van der Waals surface area contributed by atoms with Crippen molar-refractivity contribution in [3.63, 3.8) is 0 Å². The van der Waals surface area contributed by atoms with Crippen LogP contribution in [0, 0.1) is 0 Å². The summed E-state index contributed by atoms with van der Waals surface area (Å²) in [7, 11) is -2.94. The molecular weight excluding hydrogens is 258 g/mol. The molecule has 1 unspecified atom stereocenters. The van der Waals surface area contributed by atoms with Crippen LogP contribution in [0.25, 0.3) is 0 Å². The van der Waals surface area contributed by atoms with Crippen molar-refractivity contribution in [3.8, 4) is 17.2 Å². The molecule has 0 aliphatic carbocycles. The van der Waals surface area contributed by atoms with E-state index in [4.69, 9.17) is 5.11 Å². The lowest BCUT2D eigenvalue weighted by molar-refractivity contribution is 0.363. The van der Waals surface area contributed by atoms with Crippen molar-refractivity contribution < 1.29 is 23.7 Å². The molecule has 1 aromatic rings. The smallest absolute Gasteiger partial charge is 0.200 e. The van der Waals surface area contributed by atoms with Gasteiger partial charge in [-0.05, 0) is 12.5 Å². The predicted molar refractivity (Wildman–Crippen MR) is 65.3 cm³/mol. The Morgan fingerprint density at radius 3 is 2.56 bits per heavy atom. The van der Waals surface area contributed by atoms with Gasteiger partial charge in [0.15, 0.2) is 21.3 Å². The van der Waals surface area contributed by atoms with Crippen molar-refractivity contribution >= 4 is 9.84 Å². The number of phenolic OH excluding ortho intramolecular Hbond substituents is 3. The minimum absolute atomic E-state index is 0.0951. The predicted octanol–water partition coefficient (Wildman–Crippen LogP) is 0.0801. The Labute approximate surface area is 105 Å². The third kappa shape index (κ3) is 2.68. The lowest BCUT2D eigenvalue weighted by Gasteiger charge is -2.12. The molecule has 1 fully saturated rings. The van der Waals surface area contributed by atoms with Crippen molar-refractivity contribution in [2.45, 2.75) is 19.0 Å². The Morgan fingerprint density at radius 2 is 1.94 bits per heavy atom. The van der Waals surface area contributed by atoms with Gasteiger partial charge in [-0.15, -0.1) is 0 Å². The first kappa shape index (κ1) is 13.0. The molecule has 1 aromatic carbocycles. The largest absolute Gasteiger partial charge is 0.504 e. The molecule has 1 saturated heterocycles. The molecule has 1 aliphatic heterocycles. The van der Waals surface area contributed by atoms with Crippen molar-refractivity contribution in [3.05, 3.63) is 17.7 Å². The maximum atomic E-state index is 11.3. The molecule has 4 N–H and O–H groups in total. The fourth-order valence-electron chi connectivity index (χ4n) is 1.96. The van der Waals surface area contributed by atoms with Crippen LogP contribution in [0.2, 0.25) is 0 Å². The van der Waals surface area contributed by atoms with Crippen LogP contribution in [0.15, 0.2) is 12.1 Å². The average molecular weight is 273 g/mol. The summed E-state index contributed by atoms with van der Waals surface area (Å²) in [5, 5.41) is 31.1. The molecule has 0 radical (unpaired) electrons. The molecule has 0 aromatic heterocycles. The molecule has 1 atom stereocenters. The van der Waals surface area contributed by atoms with Gasteiger partial charge in [0.1, 0.15) is 0 Å². The second-order valence-corrected chi connectivity index (χ2v) is 6.65. The number of hydrogen-bond acceptors (Lipinski definition) is 6. The summed E-state index contributed by atoms with van der Waals surface area (Å²) in [6.07, 6.45) is 0.549. The van der Waals surface area contributed by atoms with Crippen LogP contribution in [0.3, 0.4) is 0 Å². The van der Waals surface area contributed by atoms with Gasteiger partial charge in [0.25, 0.3) is 0 Å². The summed E-state index contributed by atoms with van der Waals surface area (Å²) in [6, 6.07) is 2.61. The number of benzene rings is 1. The molecule has 100 valence electrons. The van der Waals surface area contributed by atoms with Gasteiger partial charge in [0.2, 0.25) is 5.75 Å². The van der Waals surface area contributed by atoms with Crippen LogP contribution in [0.4, 0.5) is 0 Å². The number of phenols is 3. The summed E-state index contributed by atoms with van der Waals surface area (Å²) in [5.41, 5.74) is 0.412. The summed E-state index contributed by atoms with van der Waals surface area (Å²) in [4.78, 5) is 0. The van der Waals surface area contributed by atoms with Crippen molar-refractivity contribution in [2.24, 2.45) is 0 Å². The number of rotatable bonds is 3. The third-order valence-electron chi connectivity index (χ3n) is 3.03. The van der Waals surface area contributed by atoms with Gasteiger partial charge in [-0.3, -0.25) is 0 Å². The minimum atomic E-state index is -2.94. The summed E-state index contributed by atoms with van der Waals surface area (Å²) in [5.74, 6) is -1.06. The normalized spacial score (nSPS) is 22.1. The fraction of sp³-hybridized carbons (Fsp3) is 0.455. The van der Waals surface area contributed by atoms with Crippen LogP contribution in [-0.2, 0) is 16.4 Å². The number of aromatic hydroxyl groups is 3. The molecule has 0 amide bonds. The summed E-state index contributed by atoms with van der Waals surface area (Å²) < 4.78 is 22.5. The van der Waals surface area contributed by atoms with Crippen LogP contribution in [0.5, 0.6) is 17.2 Å². The van der Waals surface area contributed by atoms with Gasteiger partial charge in [-0.1, -0.05) is 6.07 Å². The highest BCUT2D eigenvalue weighted by atomic mass is 32.2. The highest BCUT2D eigenvalue weighted by Crippen LogP contribution is 2.36. The minimum Gasteiger partial charge on any atom is -0.504 e. The number of nitrogens with one attached hydrogen (secondary N) is 1. The molecule has 1 aliphatic rings. The molecule has 18 heavy (non-hydrogen) atoms. The average Bonchev–Trinajstić information content (AvgIpc) is 2.65. The topological polar surface area (TPSA) is 107 Å². The van der Waals surface area contributed by atoms with Crippen LogP contribution in [0.1, 0.15) is 12.0 Å². The Kier molecular flexibility index (Phi) is 3.36. The van der Waals surface area contributed by atoms with E-state index in [2.05, 4.69) is 5.32 Å². The number of hydrogen-bond donors (Lipinski definition) is 4. The first-order valence-electron chi connectivity index (χ1n) is 5.55. The van der Waals surface area contributed by atoms with Crippen LogP contribution in [-0.4, -0.2) is 41.3 Å². The standard InChI is InChI=1S/C11H15NO5S/c13-9-2-1-7(10(14)11(9)15)5-12-8-3-4-18(16,17)6-8/h1-2,8,12-15H,3-6H2. The summed E-state index contributed by atoms with van der Waals surface area (Å²) >= 11 is 0. The van der Waals surface area contributed by atoms with Gasteiger partial charge in [-0.2, -0.15) is 0 Å². The Bertz CT molecular complexity index is 555. The van der Waals surface area contributed by atoms with Gasteiger partial charge in [0, 0.05) is 18.2 Å².